The lowest BCUT2D eigenvalue weighted by Crippen LogP contribution is -2.34. The first-order valence-corrected chi connectivity index (χ1v) is 12.7. The summed E-state index contributed by atoms with van der Waals surface area (Å²) in [5.74, 6) is -1.99. The monoisotopic (exact) mass is 494 g/mol. The van der Waals surface area contributed by atoms with E-state index < -0.39 is 41.0 Å². The highest BCUT2D eigenvalue weighted by molar-refractivity contribution is 7.89. The highest BCUT2D eigenvalue weighted by Gasteiger charge is 2.29. The number of nitrogens with zero attached hydrogens (tertiary/aromatic N) is 1. The molecule has 33 heavy (non-hydrogen) atoms. The van der Waals surface area contributed by atoms with E-state index in [0.29, 0.717) is 10.6 Å². The van der Waals surface area contributed by atoms with Gasteiger partial charge in [-0.1, -0.05) is 17.7 Å². The molecule has 2 aromatic rings. The highest BCUT2D eigenvalue weighted by Crippen LogP contribution is 2.39. The molecule has 1 aliphatic rings. The Morgan fingerprint density at radius 3 is 2.48 bits per heavy atom. The van der Waals surface area contributed by atoms with Crippen molar-refractivity contribution in [3.8, 4) is 0 Å². The Balaban J connectivity index is 1.57. The fraction of sp³-hybridized carbons (Fsp3) is 0.409. The van der Waals surface area contributed by atoms with Gasteiger partial charge in [0.05, 0.1) is 17.1 Å². The van der Waals surface area contributed by atoms with E-state index >= 15 is 0 Å². The lowest BCUT2D eigenvalue weighted by Gasteiger charge is -2.16. The van der Waals surface area contributed by atoms with E-state index in [2.05, 4.69) is 5.32 Å². The number of esters is 2. The van der Waals surface area contributed by atoms with E-state index in [-0.39, 0.29) is 11.5 Å². The second-order valence-electron chi connectivity index (χ2n) is 7.56. The average Bonchev–Trinajstić information content (AvgIpc) is 3.33. The number of rotatable bonds is 9. The van der Waals surface area contributed by atoms with E-state index in [1.54, 1.807) is 19.1 Å². The third-order valence-electron chi connectivity index (χ3n) is 5.10. The summed E-state index contributed by atoms with van der Waals surface area (Å²) >= 11 is 1.32. The van der Waals surface area contributed by atoms with Gasteiger partial charge >= 0.3 is 11.9 Å². The second-order valence-corrected chi connectivity index (χ2v) is 10.7. The van der Waals surface area contributed by atoms with Gasteiger partial charge in [0.25, 0.3) is 5.91 Å². The summed E-state index contributed by atoms with van der Waals surface area (Å²) in [6, 6.07) is 6.24. The van der Waals surface area contributed by atoms with Gasteiger partial charge in [-0.05, 0) is 50.8 Å². The van der Waals surface area contributed by atoms with Crippen LogP contribution in [0.2, 0.25) is 0 Å². The molecule has 0 bridgehead atoms. The van der Waals surface area contributed by atoms with Crippen LogP contribution in [0.3, 0.4) is 0 Å². The Morgan fingerprint density at radius 2 is 1.82 bits per heavy atom. The third-order valence-corrected chi connectivity index (χ3v) is 8.12. The van der Waals surface area contributed by atoms with Crippen LogP contribution in [0.25, 0.3) is 0 Å². The molecule has 0 saturated carbocycles. The zero-order chi connectivity index (χ0) is 24.2. The first kappa shape index (κ1) is 24.9. The minimum Gasteiger partial charge on any atom is -0.462 e. The summed E-state index contributed by atoms with van der Waals surface area (Å²) < 4.78 is 36.1. The number of ether oxygens (including phenoxy) is 2. The summed E-state index contributed by atoms with van der Waals surface area (Å²) in [7, 11) is -2.62. The number of nitrogens with one attached hydrogen (secondary N) is 1. The number of benzene rings is 1. The molecule has 9 nitrogen and oxygen atoms in total. The highest BCUT2D eigenvalue weighted by atomic mass is 32.2. The largest absolute Gasteiger partial charge is 0.462 e. The predicted octanol–water partition coefficient (Wildman–Crippen LogP) is 2.52. The number of thiophene rings is 1. The smallest absolute Gasteiger partial charge is 0.341 e. The van der Waals surface area contributed by atoms with Gasteiger partial charge in [0.2, 0.25) is 10.0 Å². The summed E-state index contributed by atoms with van der Waals surface area (Å²) in [5, 5.41) is 2.99. The number of carbonyl (C=O) groups excluding carboxylic acids is 3. The zero-order valence-corrected chi connectivity index (χ0v) is 20.3. The molecule has 0 unspecified atom stereocenters. The van der Waals surface area contributed by atoms with Gasteiger partial charge in [0.1, 0.15) is 11.5 Å². The van der Waals surface area contributed by atoms with Crippen molar-refractivity contribution >= 4 is 44.2 Å². The van der Waals surface area contributed by atoms with Gasteiger partial charge in [0.15, 0.2) is 6.61 Å². The molecule has 1 amide bonds. The van der Waals surface area contributed by atoms with Crippen molar-refractivity contribution in [1.82, 2.24) is 4.31 Å². The standard InChI is InChI=1S/C22H26N2O7S2/c1-4-30-22(27)20-16-6-5-7-17(16)32-21(20)23-18(25)13-31-19(26)12-24(3)33(28,29)15-10-8-14(2)9-11-15/h8-11H,4-7,12-13H2,1-3H3,(H,23,25). The van der Waals surface area contributed by atoms with Gasteiger partial charge < -0.3 is 14.8 Å². The van der Waals surface area contributed by atoms with Crippen LogP contribution < -0.4 is 5.32 Å². The SMILES string of the molecule is CCOC(=O)c1c(NC(=O)COC(=O)CN(C)S(=O)(=O)c2ccc(C)cc2)sc2c1CCC2. The van der Waals surface area contributed by atoms with Crippen molar-refractivity contribution in [3.63, 3.8) is 0 Å². The molecule has 0 atom stereocenters. The molecule has 0 spiro atoms. The molecule has 1 N–H and O–H groups in total. The predicted molar refractivity (Wildman–Crippen MR) is 123 cm³/mol. The Morgan fingerprint density at radius 1 is 1.12 bits per heavy atom. The molecule has 0 fully saturated rings. The van der Waals surface area contributed by atoms with Crippen molar-refractivity contribution in [2.24, 2.45) is 0 Å². The van der Waals surface area contributed by atoms with Crippen LogP contribution in [0.4, 0.5) is 5.00 Å². The summed E-state index contributed by atoms with van der Waals surface area (Å²) in [5.41, 5.74) is 2.16. The average molecular weight is 495 g/mol. The topological polar surface area (TPSA) is 119 Å². The normalized spacial score (nSPS) is 13.0. The van der Waals surface area contributed by atoms with Crippen LogP contribution in [-0.4, -0.2) is 57.4 Å². The van der Waals surface area contributed by atoms with E-state index in [0.717, 1.165) is 39.6 Å². The van der Waals surface area contributed by atoms with Crippen molar-refractivity contribution in [1.29, 1.82) is 0 Å². The number of amides is 1. The van der Waals surface area contributed by atoms with Crippen molar-refractivity contribution in [2.75, 3.05) is 32.1 Å². The molecule has 0 radical (unpaired) electrons. The molecule has 1 aliphatic carbocycles. The van der Waals surface area contributed by atoms with E-state index in [4.69, 9.17) is 9.47 Å². The minimum absolute atomic E-state index is 0.0541. The molecule has 1 aromatic heterocycles. The summed E-state index contributed by atoms with van der Waals surface area (Å²) in [6.07, 6.45) is 2.52. The summed E-state index contributed by atoms with van der Waals surface area (Å²) in [6.45, 7) is 2.60. The number of fused-ring (bicyclic) bond motifs is 1. The van der Waals surface area contributed by atoms with Gasteiger partial charge in [-0.3, -0.25) is 9.59 Å². The number of aryl methyl sites for hydroxylation is 2. The van der Waals surface area contributed by atoms with Crippen LogP contribution in [0.5, 0.6) is 0 Å². The Hall–Kier alpha value is -2.76. The Bertz CT molecular complexity index is 1150. The maximum Gasteiger partial charge on any atom is 0.341 e. The molecule has 178 valence electrons. The van der Waals surface area contributed by atoms with E-state index in [1.165, 1.54) is 30.5 Å². The van der Waals surface area contributed by atoms with Crippen LogP contribution in [0, 0.1) is 6.92 Å². The molecular formula is C22H26N2O7S2. The van der Waals surface area contributed by atoms with Crippen LogP contribution in [-0.2, 0) is 41.9 Å². The van der Waals surface area contributed by atoms with Crippen molar-refractivity contribution < 1.29 is 32.3 Å². The van der Waals surface area contributed by atoms with Crippen LogP contribution in [0.15, 0.2) is 29.2 Å². The Kier molecular flexibility index (Phi) is 7.88. The lowest BCUT2D eigenvalue weighted by molar-refractivity contribution is -0.147. The molecule has 1 aromatic carbocycles. The number of hydrogen-bond donors (Lipinski definition) is 1. The first-order valence-electron chi connectivity index (χ1n) is 10.4. The number of carbonyl (C=O) groups is 3. The van der Waals surface area contributed by atoms with Gasteiger partial charge in [-0.25, -0.2) is 13.2 Å². The first-order chi connectivity index (χ1) is 15.6. The third kappa shape index (κ3) is 5.79. The van der Waals surface area contributed by atoms with Crippen LogP contribution >= 0.6 is 11.3 Å². The molecule has 0 saturated heterocycles. The fourth-order valence-electron chi connectivity index (χ4n) is 3.42. The van der Waals surface area contributed by atoms with Gasteiger partial charge in [-0.2, -0.15) is 4.31 Å². The molecule has 3 rings (SSSR count). The number of sulfonamides is 1. The number of hydrogen-bond acceptors (Lipinski definition) is 8. The van der Waals surface area contributed by atoms with Gasteiger partial charge in [0, 0.05) is 11.9 Å². The maximum absolute atomic E-state index is 12.6. The number of anilines is 1. The van der Waals surface area contributed by atoms with Crippen molar-refractivity contribution in [2.45, 2.75) is 38.0 Å². The maximum atomic E-state index is 12.6. The van der Waals surface area contributed by atoms with Crippen molar-refractivity contribution in [3.05, 3.63) is 45.8 Å². The number of likely N-dealkylation sites (N-methyl/N-ethyl adjacent to an activating group) is 1. The molecular weight excluding hydrogens is 468 g/mol. The van der Waals surface area contributed by atoms with Gasteiger partial charge in [-0.15, -0.1) is 11.3 Å². The minimum atomic E-state index is -3.87. The summed E-state index contributed by atoms with van der Waals surface area (Å²) in [4.78, 5) is 37.9. The van der Waals surface area contributed by atoms with Crippen LogP contribution in [0.1, 0.15) is 39.7 Å². The molecule has 1 heterocycles. The molecule has 11 heteroatoms. The lowest BCUT2D eigenvalue weighted by atomic mass is 10.1. The molecule has 0 aliphatic heterocycles. The quantitative estimate of drug-likeness (QED) is 0.532. The van der Waals surface area contributed by atoms with E-state index in [9.17, 15) is 22.8 Å². The second kappa shape index (κ2) is 10.4. The van der Waals surface area contributed by atoms with E-state index in [1.807, 2.05) is 6.92 Å². The zero-order valence-electron chi connectivity index (χ0n) is 18.7. The Labute approximate surface area is 196 Å². The fourth-order valence-corrected chi connectivity index (χ4v) is 5.83.